The van der Waals surface area contributed by atoms with Crippen molar-refractivity contribution >= 4 is 0 Å². The van der Waals surface area contributed by atoms with Crippen LogP contribution in [0.4, 0.5) is 0 Å². The van der Waals surface area contributed by atoms with E-state index in [2.05, 4.69) is 53.4 Å². The molecule has 0 saturated heterocycles. The van der Waals surface area contributed by atoms with Gasteiger partial charge < -0.3 is 5.11 Å². The highest BCUT2D eigenvalue weighted by molar-refractivity contribution is 5.17. The fraction of sp³-hybridized carbons (Fsp3) is 0.222. The zero-order chi connectivity index (χ0) is 14.0. The first-order chi connectivity index (χ1) is 9.88. The van der Waals surface area contributed by atoms with Crippen molar-refractivity contribution < 1.29 is 5.11 Å². The van der Waals surface area contributed by atoms with Crippen LogP contribution in [0.25, 0.3) is 0 Å². The minimum Gasteiger partial charge on any atom is -0.392 e. The van der Waals surface area contributed by atoms with Crippen LogP contribution in [-0.4, -0.2) is 23.2 Å². The Morgan fingerprint density at radius 3 is 1.70 bits per heavy atom. The van der Waals surface area contributed by atoms with Crippen LogP contribution in [-0.2, 0) is 13.1 Å². The Labute approximate surface area is 121 Å². The Balaban J connectivity index is 2.02. The van der Waals surface area contributed by atoms with Gasteiger partial charge in [0.15, 0.2) is 0 Å². The van der Waals surface area contributed by atoms with E-state index in [1.54, 1.807) is 6.08 Å². The number of benzene rings is 2. The first kappa shape index (κ1) is 14.5. The summed E-state index contributed by atoms with van der Waals surface area (Å²) in [7, 11) is 0. The lowest BCUT2D eigenvalue weighted by molar-refractivity contribution is 0.284. The van der Waals surface area contributed by atoms with Gasteiger partial charge in [0, 0.05) is 19.6 Å². The molecule has 1 N–H and O–H groups in total. The largest absolute Gasteiger partial charge is 0.392 e. The molecule has 0 aliphatic rings. The Morgan fingerprint density at radius 2 is 1.25 bits per heavy atom. The predicted molar refractivity (Wildman–Crippen MR) is 83.2 cm³/mol. The summed E-state index contributed by atoms with van der Waals surface area (Å²) in [5.74, 6) is 0. The van der Waals surface area contributed by atoms with Crippen LogP contribution < -0.4 is 0 Å². The van der Waals surface area contributed by atoms with Gasteiger partial charge in [-0.1, -0.05) is 72.8 Å². The van der Waals surface area contributed by atoms with E-state index in [0.717, 1.165) is 19.6 Å². The number of hydrogen-bond donors (Lipinski definition) is 1. The second-order valence-electron chi connectivity index (χ2n) is 4.79. The molecule has 0 heterocycles. The molecule has 20 heavy (non-hydrogen) atoms. The van der Waals surface area contributed by atoms with Gasteiger partial charge in [-0.2, -0.15) is 0 Å². The normalized spacial score (nSPS) is 11.3. The van der Waals surface area contributed by atoms with Gasteiger partial charge in [-0.05, 0) is 11.1 Å². The molecule has 2 aromatic rings. The second-order valence-corrected chi connectivity index (χ2v) is 4.79. The zero-order valence-corrected chi connectivity index (χ0v) is 11.7. The van der Waals surface area contributed by atoms with Gasteiger partial charge in [0.05, 0.1) is 6.61 Å². The average Bonchev–Trinajstić information content (AvgIpc) is 2.49. The molecule has 2 aromatic carbocycles. The molecule has 0 saturated carbocycles. The SMILES string of the molecule is OC/C=C/CN(Cc1ccccc1)Cc1ccccc1. The molecule has 0 spiro atoms. The van der Waals surface area contributed by atoms with Crippen LogP contribution in [0, 0.1) is 0 Å². The van der Waals surface area contributed by atoms with Crippen LogP contribution in [0.5, 0.6) is 0 Å². The fourth-order valence-electron chi connectivity index (χ4n) is 2.17. The highest BCUT2D eigenvalue weighted by atomic mass is 16.2. The molecule has 2 rings (SSSR count). The lowest BCUT2D eigenvalue weighted by Crippen LogP contribution is -2.23. The number of hydrogen-bond acceptors (Lipinski definition) is 2. The first-order valence-electron chi connectivity index (χ1n) is 6.94. The lowest BCUT2D eigenvalue weighted by atomic mass is 10.1. The molecule has 0 bridgehead atoms. The third kappa shape index (κ3) is 5.00. The monoisotopic (exact) mass is 267 g/mol. The predicted octanol–water partition coefficient (Wildman–Crippen LogP) is 3.24. The molecular formula is C18H21NO. The van der Waals surface area contributed by atoms with Gasteiger partial charge in [0.2, 0.25) is 0 Å². The molecule has 0 aliphatic carbocycles. The number of rotatable bonds is 7. The van der Waals surface area contributed by atoms with Gasteiger partial charge >= 0.3 is 0 Å². The quantitative estimate of drug-likeness (QED) is 0.779. The van der Waals surface area contributed by atoms with E-state index in [-0.39, 0.29) is 6.61 Å². The van der Waals surface area contributed by atoms with Crippen LogP contribution in [0.1, 0.15) is 11.1 Å². The first-order valence-corrected chi connectivity index (χ1v) is 6.94. The minimum absolute atomic E-state index is 0.102. The van der Waals surface area contributed by atoms with Crippen molar-refractivity contribution in [3.05, 3.63) is 83.9 Å². The Kier molecular flexibility index (Phi) is 6.03. The molecule has 0 radical (unpaired) electrons. The van der Waals surface area contributed by atoms with Crippen LogP contribution in [0.2, 0.25) is 0 Å². The molecule has 104 valence electrons. The third-order valence-electron chi connectivity index (χ3n) is 3.13. The van der Waals surface area contributed by atoms with Gasteiger partial charge in [0.1, 0.15) is 0 Å². The van der Waals surface area contributed by atoms with Crippen molar-refractivity contribution in [1.29, 1.82) is 0 Å². The van der Waals surface area contributed by atoms with Crippen molar-refractivity contribution in [3.8, 4) is 0 Å². The summed E-state index contributed by atoms with van der Waals surface area (Å²) in [4.78, 5) is 2.36. The standard InChI is InChI=1S/C18H21NO/c20-14-8-7-13-19(15-17-9-3-1-4-10-17)16-18-11-5-2-6-12-18/h1-12,20H,13-16H2/b8-7+. The van der Waals surface area contributed by atoms with Gasteiger partial charge in [-0.25, -0.2) is 0 Å². The average molecular weight is 267 g/mol. The molecule has 2 nitrogen and oxygen atoms in total. The maximum absolute atomic E-state index is 8.85. The number of nitrogens with zero attached hydrogens (tertiary/aromatic N) is 1. The molecular weight excluding hydrogens is 246 g/mol. The van der Waals surface area contributed by atoms with Crippen molar-refractivity contribution in [1.82, 2.24) is 4.90 Å². The van der Waals surface area contributed by atoms with E-state index in [1.807, 2.05) is 18.2 Å². The summed E-state index contributed by atoms with van der Waals surface area (Å²) < 4.78 is 0. The fourth-order valence-corrected chi connectivity index (χ4v) is 2.17. The van der Waals surface area contributed by atoms with Gasteiger partial charge in [0.25, 0.3) is 0 Å². The Bertz CT molecular complexity index is 466. The van der Waals surface area contributed by atoms with Crippen LogP contribution in [0.15, 0.2) is 72.8 Å². The van der Waals surface area contributed by atoms with E-state index >= 15 is 0 Å². The van der Waals surface area contributed by atoms with E-state index in [9.17, 15) is 0 Å². The van der Waals surface area contributed by atoms with Crippen LogP contribution in [0.3, 0.4) is 0 Å². The smallest absolute Gasteiger partial charge is 0.0612 e. The van der Waals surface area contributed by atoms with Crippen molar-refractivity contribution in [2.75, 3.05) is 13.2 Å². The van der Waals surface area contributed by atoms with E-state index < -0.39 is 0 Å². The summed E-state index contributed by atoms with van der Waals surface area (Å²) in [6.45, 7) is 2.76. The van der Waals surface area contributed by atoms with E-state index in [4.69, 9.17) is 5.11 Å². The molecule has 0 aliphatic heterocycles. The number of aliphatic hydroxyl groups excluding tert-OH is 1. The number of aliphatic hydroxyl groups is 1. The Hall–Kier alpha value is -1.90. The molecule has 2 heteroatoms. The van der Waals surface area contributed by atoms with E-state index in [0.29, 0.717) is 0 Å². The highest BCUT2D eigenvalue weighted by Gasteiger charge is 2.05. The summed E-state index contributed by atoms with van der Waals surface area (Å²) in [5, 5.41) is 8.85. The molecule has 0 amide bonds. The van der Waals surface area contributed by atoms with E-state index in [1.165, 1.54) is 11.1 Å². The Morgan fingerprint density at radius 1 is 0.750 bits per heavy atom. The molecule has 0 fully saturated rings. The summed E-state index contributed by atoms with van der Waals surface area (Å²) in [6, 6.07) is 20.9. The lowest BCUT2D eigenvalue weighted by Gasteiger charge is -2.21. The summed E-state index contributed by atoms with van der Waals surface area (Å²) >= 11 is 0. The van der Waals surface area contributed by atoms with Crippen molar-refractivity contribution in [2.45, 2.75) is 13.1 Å². The van der Waals surface area contributed by atoms with Crippen molar-refractivity contribution in [3.63, 3.8) is 0 Å². The zero-order valence-electron chi connectivity index (χ0n) is 11.7. The third-order valence-corrected chi connectivity index (χ3v) is 3.13. The summed E-state index contributed by atoms with van der Waals surface area (Å²) in [6.07, 6.45) is 3.81. The van der Waals surface area contributed by atoms with Crippen molar-refractivity contribution in [2.24, 2.45) is 0 Å². The molecule has 0 unspecified atom stereocenters. The topological polar surface area (TPSA) is 23.5 Å². The molecule has 0 aromatic heterocycles. The molecule has 0 atom stereocenters. The van der Waals surface area contributed by atoms with Crippen LogP contribution >= 0.6 is 0 Å². The second kappa shape index (κ2) is 8.31. The maximum Gasteiger partial charge on any atom is 0.0612 e. The van der Waals surface area contributed by atoms with Gasteiger partial charge in [-0.3, -0.25) is 4.90 Å². The highest BCUT2D eigenvalue weighted by Crippen LogP contribution is 2.09. The maximum atomic E-state index is 8.85. The summed E-state index contributed by atoms with van der Waals surface area (Å²) in [5.41, 5.74) is 2.61. The van der Waals surface area contributed by atoms with Gasteiger partial charge in [-0.15, -0.1) is 0 Å². The minimum atomic E-state index is 0.102.